The molecule has 0 atom stereocenters. The van der Waals surface area contributed by atoms with Gasteiger partial charge in [0, 0.05) is 15.8 Å². The summed E-state index contributed by atoms with van der Waals surface area (Å²) >= 11 is 14.3. The molecule has 0 saturated heterocycles. The maximum atomic E-state index is 12.7. The van der Waals surface area contributed by atoms with E-state index < -0.39 is 15.7 Å². The third kappa shape index (κ3) is 5.33. The van der Waals surface area contributed by atoms with E-state index >= 15 is 0 Å². The van der Waals surface area contributed by atoms with E-state index in [1.165, 1.54) is 59.5 Å². The van der Waals surface area contributed by atoms with E-state index in [1.807, 2.05) is 24.3 Å². The summed E-state index contributed by atoms with van der Waals surface area (Å²) in [5, 5.41) is 11.5. The van der Waals surface area contributed by atoms with E-state index in [9.17, 15) is 13.2 Å². The molecular weight excluding hydrogens is 513 g/mol. The van der Waals surface area contributed by atoms with Crippen molar-refractivity contribution in [1.29, 1.82) is 0 Å². The van der Waals surface area contributed by atoms with Gasteiger partial charge in [-0.15, -0.1) is 10.2 Å². The van der Waals surface area contributed by atoms with Gasteiger partial charge >= 0.3 is 0 Å². The zero-order valence-electron chi connectivity index (χ0n) is 16.0. The lowest BCUT2D eigenvalue weighted by Crippen LogP contribution is -2.10. The van der Waals surface area contributed by atoms with Gasteiger partial charge in [0.15, 0.2) is 10.1 Å². The summed E-state index contributed by atoms with van der Waals surface area (Å²) < 4.78 is 31.3. The van der Waals surface area contributed by atoms with Crippen LogP contribution in [0.2, 0.25) is 10.0 Å². The van der Waals surface area contributed by atoms with Gasteiger partial charge in [-0.25, -0.2) is 8.42 Å². The van der Waals surface area contributed by atoms with E-state index in [2.05, 4.69) is 15.5 Å². The molecule has 1 amide bonds. The van der Waals surface area contributed by atoms with Gasteiger partial charge in [-0.3, -0.25) is 10.1 Å². The van der Waals surface area contributed by atoms with Crippen molar-refractivity contribution < 1.29 is 17.6 Å². The van der Waals surface area contributed by atoms with Crippen LogP contribution in [0.15, 0.2) is 79.4 Å². The van der Waals surface area contributed by atoms with Crippen LogP contribution in [0.3, 0.4) is 0 Å². The van der Waals surface area contributed by atoms with Gasteiger partial charge in [0.25, 0.3) is 5.91 Å². The number of thioether (sulfide) groups is 1. The summed E-state index contributed by atoms with van der Waals surface area (Å²) in [4.78, 5) is 12.5. The minimum atomic E-state index is -3.92. The van der Waals surface area contributed by atoms with Crippen molar-refractivity contribution in [2.24, 2.45) is 0 Å². The highest BCUT2D eigenvalue weighted by atomic mass is 35.5. The fourth-order valence-corrected chi connectivity index (χ4v) is 5.65. The third-order valence-electron chi connectivity index (χ3n) is 4.10. The number of sulfone groups is 1. The van der Waals surface area contributed by atoms with E-state index in [1.54, 1.807) is 0 Å². The summed E-state index contributed by atoms with van der Waals surface area (Å²) in [5.74, 6) is -0.125. The van der Waals surface area contributed by atoms with Gasteiger partial charge in [0.1, 0.15) is 0 Å². The summed E-state index contributed by atoms with van der Waals surface area (Å²) in [7, 11) is -3.92. The van der Waals surface area contributed by atoms with Crippen LogP contribution in [0, 0.1) is 0 Å². The van der Waals surface area contributed by atoms with Crippen molar-refractivity contribution in [2.45, 2.75) is 20.1 Å². The largest absolute Gasteiger partial charge is 0.439 e. The first-order chi connectivity index (χ1) is 15.3. The summed E-state index contributed by atoms with van der Waals surface area (Å²) in [6.45, 7) is 0. The molecule has 1 N–H and O–H groups in total. The monoisotopic (exact) mass is 525 g/mol. The Labute approximate surface area is 201 Å². The quantitative estimate of drug-likeness (QED) is 0.239. The van der Waals surface area contributed by atoms with Crippen LogP contribution in [0.25, 0.3) is 0 Å². The predicted molar refractivity (Wildman–Crippen MR) is 124 cm³/mol. The second-order valence-electron chi connectivity index (χ2n) is 6.32. The van der Waals surface area contributed by atoms with Crippen molar-refractivity contribution in [1.82, 2.24) is 10.2 Å². The number of amides is 1. The minimum absolute atomic E-state index is 0.00897. The Balaban J connectivity index is 1.40. The van der Waals surface area contributed by atoms with Crippen molar-refractivity contribution in [3.8, 4) is 0 Å². The van der Waals surface area contributed by atoms with Gasteiger partial charge in [-0.1, -0.05) is 58.4 Å². The summed E-state index contributed by atoms with van der Waals surface area (Å²) in [6.07, 6.45) is 0. The second-order valence-corrected chi connectivity index (χ2v) is 11.3. The lowest BCUT2D eigenvalue weighted by atomic mass is 10.2. The van der Waals surface area contributed by atoms with Crippen molar-refractivity contribution >= 4 is 67.2 Å². The highest BCUT2D eigenvalue weighted by molar-refractivity contribution is 8.00. The van der Waals surface area contributed by atoms with Gasteiger partial charge in [-0.05, 0) is 54.1 Å². The van der Waals surface area contributed by atoms with Gasteiger partial charge in [-0.2, -0.15) is 0 Å². The van der Waals surface area contributed by atoms with Crippen molar-refractivity contribution in [3.05, 3.63) is 82.0 Å². The number of hydrogen-bond donors (Lipinski definition) is 1. The number of rotatable bonds is 7. The molecule has 0 unspecified atom stereocenters. The standard InChI is InChI=1S/C20H13Cl2N3O4S3/c21-13-3-1-12(2-4-13)11-30-20-25-24-19(31-20)23-18(26)16-9-10-17(29-16)32(27,28)15-7-5-14(22)6-8-15/h1-10H,11H2,(H,23,24,26). The highest BCUT2D eigenvalue weighted by Gasteiger charge is 2.24. The molecule has 0 spiro atoms. The summed E-state index contributed by atoms with van der Waals surface area (Å²) in [5.41, 5.74) is 1.07. The first-order valence-corrected chi connectivity index (χ1v) is 13.0. The number of hydrogen-bond acceptors (Lipinski definition) is 8. The molecule has 0 aliphatic rings. The minimum Gasteiger partial charge on any atom is -0.439 e. The third-order valence-corrected chi connectivity index (χ3v) is 8.29. The maximum absolute atomic E-state index is 12.7. The molecule has 4 rings (SSSR count). The van der Waals surface area contributed by atoms with Crippen LogP contribution in [0.1, 0.15) is 16.1 Å². The van der Waals surface area contributed by atoms with Gasteiger partial charge in [0.05, 0.1) is 4.90 Å². The molecule has 2 heterocycles. The average Bonchev–Trinajstić information content (AvgIpc) is 3.44. The molecule has 0 fully saturated rings. The fourth-order valence-electron chi connectivity index (χ4n) is 2.52. The number of anilines is 1. The lowest BCUT2D eigenvalue weighted by molar-refractivity contribution is 0.0991. The van der Waals surface area contributed by atoms with E-state index in [0.29, 0.717) is 20.1 Å². The zero-order chi connectivity index (χ0) is 22.7. The van der Waals surface area contributed by atoms with Crippen molar-refractivity contribution in [2.75, 3.05) is 5.32 Å². The highest BCUT2D eigenvalue weighted by Crippen LogP contribution is 2.29. The molecule has 2 aromatic carbocycles. The first kappa shape index (κ1) is 22.8. The normalized spacial score (nSPS) is 11.4. The molecular formula is C20H13Cl2N3O4S3. The molecule has 0 bridgehead atoms. The molecule has 0 aliphatic carbocycles. The molecule has 0 aliphatic heterocycles. The molecule has 0 radical (unpaired) electrons. The molecule has 2 aromatic heterocycles. The number of benzene rings is 2. The molecule has 32 heavy (non-hydrogen) atoms. The van der Waals surface area contributed by atoms with Crippen LogP contribution in [0.5, 0.6) is 0 Å². The van der Waals surface area contributed by atoms with Crippen molar-refractivity contribution in [3.63, 3.8) is 0 Å². The summed E-state index contributed by atoms with van der Waals surface area (Å²) in [6, 6.07) is 15.6. The molecule has 4 aromatic rings. The van der Waals surface area contributed by atoms with Gasteiger partial charge in [0.2, 0.25) is 20.1 Å². The molecule has 12 heteroatoms. The lowest BCUT2D eigenvalue weighted by Gasteiger charge is -2.01. The molecule has 164 valence electrons. The maximum Gasteiger partial charge on any atom is 0.293 e. The average molecular weight is 526 g/mol. The fraction of sp³-hybridized carbons (Fsp3) is 0.0500. The number of nitrogens with zero attached hydrogens (tertiary/aromatic N) is 2. The molecule has 7 nitrogen and oxygen atoms in total. The Morgan fingerprint density at radius 1 is 0.969 bits per heavy atom. The Morgan fingerprint density at radius 3 is 2.31 bits per heavy atom. The Morgan fingerprint density at radius 2 is 1.62 bits per heavy atom. The van der Waals surface area contributed by atoms with E-state index in [-0.39, 0.29) is 20.9 Å². The number of halogens is 2. The number of aromatic nitrogens is 2. The number of furan rings is 1. The van der Waals surface area contributed by atoms with Crippen LogP contribution in [0.4, 0.5) is 5.13 Å². The smallest absolute Gasteiger partial charge is 0.293 e. The Hall–Kier alpha value is -2.37. The van der Waals surface area contributed by atoms with Crippen LogP contribution in [-0.4, -0.2) is 24.5 Å². The number of nitrogens with one attached hydrogen (secondary N) is 1. The predicted octanol–water partition coefficient (Wildman–Crippen LogP) is 5.82. The Kier molecular flexibility index (Phi) is 6.87. The van der Waals surface area contributed by atoms with Crippen LogP contribution >= 0.6 is 46.3 Å². The first-order valence-electron chi connectivity index (χ1n) is 8.94. The Bertz CT molecular complexity index is 1350. The van der Waals surface area contributed by atoms with Crippen LogP contribution < -0.4 is 5.32 Å². The topological polar surface area (TPSA) is 102 Å². The SMILES string of the molecule is O=C(Nc1nnc(SCc2ccc(Cl)cc2)s1)c1ccc(S(=O)(=O)c2ccc(Cl)cc2)o1. The van der Waals surface area contributed by atoms with E-state index in [0.717, 1.165) is 5.56 Å². The van der Waals surface area contributed by atoms with Gasteiger partial charge < -0.3 is 4.42 Å². The van der Waals surface area contributed by atoms with E-state index in [4.69, 9.17) is 27.6 Å². The number of carbonyl (C=O) groups is 1. The molecule has 0 saturated carbocycles. The zero-order valence-corrected chi connectivity index (χ0v) is 20.0. The second kappa shape index (κ2) is 9.63. The number of carbonyl (C=O) groups excluding carboxylic acids is 1. The van der Waals surface area contributed by atoms with Crippen LogP contribution in [-0.2, 0) is 15.6 Å².